The van der Waals surface area contributed by atoms with Crippen LogP contribution in [0, 0.1) is 0 Å². The second kappa shape index (κ2) is 5.83. The molecule has 1 amide bonds. The standard InChI is InChI=1S/C17H19BrN4O/c18-13-10-19-9-11-2-3-14(22-15(11)13)16(23)21-12-4-7-20-17(8-12)5-1-6-17/h2-3,9-10,12,20H,1,4-8H2,(H,21,23). The summed E-state index contributed by atoms with van der Waals surface area (Å²) >= 11 is 3.45. The molecule has 0 bridgehead atoms. The molecule has 6 heteroatoms. The fourth-order valence-electron chi connectivity index (χ4n) is 3.66. The Hall–Kier alpha value is -1.53. The van der Waals surface area contributed by atoms with Gasteiger partial charge in [-0.25, -0.2) is 4.98 Å². The van der Waals surface area contributed by atoms with Crippen LogP contribution in [0.25, 0.3) is 10.9 Å². The fourth-order valence-corrected chi connectivity index (χ4v) is 4.10. The zero-order valence-corrected chi connectivity index (χ0v) is 14.4. The second-order valence-corrected chi connectivity index (χ2v) is 7.47. The molecule has 1 unspecified atom stereocenters. The topological polar surface area (TPSA) is 66.9 Å². The summed E-state index contributed by atoms with van der Waals surface area (Å²) in [6.07, 6.45) is 9.21. The number of pyridine rings is 2. The van der Waals surface area contributed by atoms with E-state index in [-0.39, 0.29) is 17.5 Å². The molecule has 1 aliphatic carbocycles. The highest BCUT2D eigenvalue weighted by Crippen LogP contribution is 2.38. The van der Waals surface area contributed by atoms with Crippen molar-refractivity contribution in [3.63, 3.8) is 0 Å². The summed E-state index contributed by atoms with van der Waals surface area (Å²) in [7, 11) is 0. The third kappa shape index (κ3) is 2.85. The minimum atomic E-state index is -0.0861. The molecule has 2 aromatic heterocycles. The first kappa shape index (κ1) is 15.0. The summed E-state index contributed by atoms with van der Waals surface area (Å²) in [5.74, 6) is -0.0861. The Morgan fingerprint density at radius 1 is 1.35 bits per heavy atom. The van der Waals surface area contributed by atoms with E-state index < -0.39 is 0 Å². The molecule has 1 spiro atoms. The average molecular weight is 375 g/mol. The Labute approximate surface area is 143 Å². The maximum Gasteiger partial charge on any atom is 0.270 e. The van der Waals surface area contributed by atoms with Crippen LogP contribution >= 0.6 is 15.9 Å². The molecule has 0 radical (unpaired) electrons. The number of carbonyl (C=O) groups excluding carboxylic acids is 1. The van der Waals surface area contributed by atoms with Gasteiger partial charge in [-0.2, -0.15) is 0 Å². The average Bonchev–Trinajstić information content (AvgIpc) is 2.54. The van der Waals surface area contributed by atoms with Gasteiger partial charge in [0.2, 0.25) is 0 Å². The van der Waals surface area contributed by atoms with E-state index in [1.54, 1.807) is 18.5 Å². The lowest BCUT2D eigenvalue weighted by Crippen LogP contribution is -2.59. The first-order valence-corrected chi connectivity index (χ1v) is 8.91. The predicted molar refractivity (Wildman–Crippen MR) is 92.3 cm³/mol. The highest BCUT2D eigenvalue weighted by molar-refractivity contribution is 9.10. The quantitative estimate of drug-likeness (QED) is 0.847. The van der Waals surface area contributed by atoms with Gasteiger partial charge in [0.15, 0.2) is 0 Å². The van der Waals surface area contributed by atoms with Crippen LogP contribution in [0.4, 0.5) is 0 Å². The predicted octanol–water partition coefficient (Wildman–Crippen LogP) is 2.80. The van der Waals surface area contributed by atoms with Crippen molar-refractivity contribution in [2.75, 3.05) is 6.54 Å². The summed E-state index contributed by atoms with van der Waals surface area (Å²) in [5.41, 5.74) is 1.51. The van der Waals surface area contributed by atoms with Crippen LogP contribution in [0.2, 0.25) is 0 Å². The number of fused-ring (bicyclic) bond motifs is 1. The molecule has 1 aliphatic heterocycles. The molecule has 2 aliphatic rings. The smallest absolute Gasteiger partial charge is 0.270 e. The van der Waals surface area contributed by atoms with Gasteiger partial charge >= 0.3 is 0 Å². The van der Waals surface area contributed by atoms with Crippen LogP contribution in [-0.2, 0) is 0 Å². The summed E-state index contributed by atoms with van der Waals surface area (Å²) in [6.45, 7) is 0.979. The number of carbonyl (C=O) groups is 1. The van der Waals surface area contributed by atoms with Crippen molar-refractivity contribution < 1.29 is 4.79 Å². The molecule has 120 valence electrons. The van der Waals surface area contributed by atoms with Gasteiger partial charge < -0.3 is 10.6 Å². The van der Waals surface area contributed by atoms with Gasteiger partial charge in [-0.1, -0.05) is 0 Å². The lowest BCUT2D eigenvalue weighted by molar-refractivity contribution is 0.0849. The van der Waals surface area contributed by atoms with Gasteiger partial charge in [0.25, 0.3) is 5.91 Å². The van der Waals surface area contributed by atoms with Gasteiger partial charge in [0, 0.05) is 29.4 Å². The lowest BCUT2D eigenvalue weighted by Gasteiger charge is -2.48. The van der Waals surface area contributed by atoms with Crippen LogP contribution in [-0.4, -0.2) is 34.0 Å². The maximum absolute atomic E-state index is 12.6. The number of piperidine rings is 1. The van der Waals surface area contributed by atoms with E-state index in [1.165, 1.54) is 19.3 Å². The minimum Gasteiger partial charge on any atom is -0.348 e. The number of nitrogens with one attached hydrogen (secondary N) is 2. The van der Waals surface area contributed by atoms with E-state index >= 15 is 0 Å². The molecular formula is C17H19BrN4O. The SMILES string of the molecule is O=C(NC1CCNC2(CCC2)C1)c1ccc2cncc(Br)c2n1. The molecule has 1 saturated heterocycles. The highest BCUT2D eigenvalue weighted by Gasteiger charge is 2.41. The summed E-state index contributed by atoms with van der Waals surface area (Å²) in [6, 6.07) is 3.90. The first-order valence-electron chi connectivity index (χ1n) is 8.11. The largest absolute Gasteiger partial charge is 0.348 e. The van der Waals surface area contributed by atoms with Crippen LogP contribution in [0.3, 0.4) is 0 Å². The molecule has 2 aromatic rings. The summed E-state index contributed by atoms with van der Waals surface area (Å²) in [4.78, 5) is 21.2. The van der Waals surface area contributed by atoms with E-state index in [2.05, 4.69) is 36.5 Å². The lowest BCUT2D eigenvalue weighted by atomic mass is 9.70. The van der Waals surface area contributed by atoms with Crippen molar-refractivity contribution in [2.24, 2.45) is 0 Å². The van der Waals surface area contributed by atoms with Crippen molar-refractivity contribution in [1.29, 1.82) is 0 Å². The Morgan fingerprint density at radius 2 is 2.22 bits per heavy atom. The normalized spacial score (nSPS) is 22.7. The van der Waals surface area contributed by atoms with Gasteiger partial charge in [-0.3, -0.25) is 9.78 Å². The Kier molecular flexibility index (Phi) is 3.81. The molecule has 1 atom stereocenters. The number of halogens is 1. The van der Waals surface area contributed by atoms with Gasteiger partial charge in [-0.15, -0.1) is 0 Å². The molecule has 3 heterocycles. The molecule has 0 aromatic carbocycles. The van der Waals surface area contributed by atoms with E-state index in [1.807, 2.05) is 6.07 Å². The molecule has 1 saturated carbocycles. The third-order valence-corrected chi connectivity index (χ3v) is 5.64. The van der Waals surface area contributed by atoms with E-state index in [0.29, 0.717) is 5.69 Å². The number of nitrogens with zero attached hydrogens (tertiary/aromatic N) is 2. The van der Waals surface area contributed by atoms with E-state index in [0.717, 1.165) is 34.8 Å². The number of rotatable bonds is 2. The number of hydrogen-bond donors (Lipinski definition) is 2. The summed E-state index contributed by atoms with van der Waals surface area (Å²) in [5, 5.41) is 7.72. The van der Waals surface area contributed by atoms with Crippen molar-refractivity contribution in [1.82, 2.24) is 20.6 Å². The number of amides is 1. The minimum absolute atomic E-state index is 0.0861. The highest BCUT2D eigenvalue weighted by atomic mass is 79.9. The van der Waals surface area contributed by atoms with Crippen LogP contribution in [0.15, 0.2) is 29.0 Å². The van der Waals surface area contributed by atoms with Gasteiger partial charge in [0.1, 0.15) is 5.69 Å². The molecular weight excluding hydrogens is 356 g/mol. The van der Waals surface area contributed by atoms with Crippen LogP contribution in [0.1, 0.15) is 42.6 Å². The van der Waals surface area contributed by atoms with Crippen molar-refractivity contribution in [3.05, 3.63) is 34.7 Å². The van der Waals surface area contributed by atoms with Gasteiger partial charge in [-0.05, 0) is 66.7 Å². The molecule has 2 N–H and O–H groups in total. The number of hydrogen-bond acceptors (Lipinski definition) is 4. The van der Waals surface area contributed by atoms with Crippen LogP contribution in [0.5, 0.6) is 0 Å². The zero-order chi connectivity index (χ0) is 15.9. The van der Waals surface area contributed by atoms with Gasteiger partial charge in [0.05, 0.1) is 9.99 Å². The third-order valence-electron chi connectivity index (χ3n) is 5.06. The molecule has 4 rings (SSSR count). The first-order chi connectivity index (χ1) is 11.2. The van der Waals surface area contributed by atoms with Crippen molar-refractivity contribution in [3.8, 4) is 0 Å². The molecule has 2 fully saturated rings. The molecule has 23 heavy (non-hydrogen) atoms. The Balaban J connectivity index is 1.51. The van der Waals surface area contributed by atoms with E-state index in [4.69, 9.17) is 0 Å². The summed E-state index contributed by atoms with van der Waals surface area (Å²) < 4.78 is 0.805. The Bertz CT molecular complexity index is 759. The monoisotopic (exact) mass is 374 g/mol. The fraction of sp³-hybridized carbons (Fsp3) is 0.471. The van der Waals surface area contributed by atoms with Crippen molar-refractivity contribution >= 4 is 32.7 Å². The number of aromatic nitrogens is 2. The molecule has 5 nitrogen and oxygen atoms in total. The second-order valence-electron chi connectivity index (χ2n) is 6.61. The Morgan fingerprint density at radius 3 is 3.00 bits per heavy atom. The zero-order valence-electron chi connectivity index (χ0n) is 12.8. The van der Waals surface area contributed by atoms with Crippen molar-refractivity contribution in [2.45, 2.75) is 43.7 Å². The van der Waals surface area contributed by atoms with E-state index in [9.17, 15) is 4.79 Å². The maximum atomic E-state index is 12.6. The van der Waals surface area contributed by atoms with Crippen LogP contribution < -0.4 is 10.6 Å².